The fourth-order valence-electron chi connectivity index (χ4n) is 2.91. The van der Waals surface area contributed by atoms with E-state index in [2.05, 4.69) is 20.8 Å². The molecule has 0 saturated heterocycles. The molecule has 0 aromatic rings. The SMILES string of the molecule is COCCC(C)CCOC(=O)CCCCCCCCC(=O)OCCCC(C)C. The summed E-state index contributed by atoms with van der Waals surface area (Å²) in [6, 6.07) is 0. The van der Waals surface area contributed by atoms with Crippen LogP contribution in [0.2, 0.25) is 0 Å². The van der Waals surface area contributed by atoms with Gasteiger partial charge in [0.15, 0.2) is 0 Å². The number of esters is 2. The maximum Gasteiger partial charge on any atom is 0.305 e. The molecule has 166 valence electrons. The molecule has 0 heterocycles. The molecular weight excluding hydrogens is 356 g/mol. The van der Waals surface area contributed by atoms with Crippen molar-refractivity contribution in [3.63, 3.8) is 0 Å². The Bertz CT molecular complexity index is 381. The molecule has 0 N–H and O–H groups in total. The van der Waals surface area contributed by atoms with Crippen LogP contribution in [0.5, 0.6) is 0 Å². The highest BCUT2D eigenvalue weighted by Gasteiger charge is 2.06. The first-order chi connectivity index (χ1) is 13.5. The van der Waals surface area contributed by atoms with Crippen LogP contribution in [-0.4, -0.2) is 38.9 Å². The summed E-state index contributed by atoms with van der Waals surface area (Å²) in [5.74, 6) is 1.03. The Morgan fingerprint density at radius 1 is 0.643 bits per heavy atom. The first-order valence-electron chi connectivity index (χ1n) is 11.3. The number of methoxy groups -OCH3 is 1. The fraction of sp³-hybridized carbons (Fsp3) is 0.913. The molecule has 28 heavy (non-hydrogen) atoms. The fourth-order valence-corrected chi connectivity index (χ4v) is 2.91. The van der Waals surface area contributed by atoms with E-state index in [1.54, 1.807) is 7.11 Å². The van der Waals surface area contributed by atoms with Gasteiger partial charge in [0.1, 0.15) is 0 Å². The van der Waals surface area contributed by atoms with Gasteiger partial charge in [0, 0.05) is 26.6 Å². The molecule has 0 saturated carbocycles. The molecule has 0 spiro atoms. The third-order valence-corrected chi connectivity index (χ3v) is 4.89. The van der Waals surface area contributed by atoms with Crippen molar-refractivity contribution in [2.45, 2.75) is 97.8 Å². The monoisotopic (exact) mass is 400 g/mol. The van der Waals surface area contributed by atoms with E-state index in [-0.39, 0.29) is 11.9 Å². The summed E-state index contributed by atoms with van der Waals surface area (Å²) in [6.45, 7) is 8.33. The van der Waals surface area contributed by atoms with Crippen LogP contribution in [0, 0.1) is 11.8 Å². The molecule has 0 amide bonds. The zero-order chi connectivity index (χ0) is 21.0. The lowest BCUT2D eigenvalue weighted by Crippen LogP contribution is -2.09. The minimum absolute atomic E-state index is 0.0666. The average molecular weight is 401 g/mol. The number of carbonyl (C=O) groups excluding carboxylic acids is 2. The van der Waals surface area contributed by atoms with E-state index in [0.717, 1.165) is 70.8 Å². The minimum Gasteiger partial charge on any atom is -0.466 e. The van der Waals surface area contributed by atoms with Crippen LogP contribution >= 0.6 is 0 Å². The Kier molecular flexibility index (Phi) is 18.5. The third-order valence-electron chi connectivity index (χ3n) is 4.89. The van der Waals surface area contributed by atoms with Gasteiger partial charge in [-0.2, -0.15) is 0 Å². The normalized spacial score (nSPS) is 12.2. The maximum atomic E-state index is 11.7. The van der Waals surface area contributed by atoms with Gasteiger partial charge in [0.25, 0.3) is 0 Å². The molecular formula is C23H44O5. The van der Waals surface area contributed by atoms with E-state index in [9.17, 15) is 9.59 Å². The second-order valence-electron chi connectivity index (χ2n) is 8.27. The molecule has 0 rings (SSSR count). The van der Waals surface area contributed by atoms with Crippen LogP contribution in [-0.2, 0) is 23.8 Å². The smallest absolute Gasteiger partial charge is 0.305 e. The second kappa shape index (κ2) is 19.2. The molecule has 0 bridgehead atoms. The Morgan fingerprint density at radius 3 is 1.68 bits per heavy atom. The van der Waals surface area contributed by atoms with Gasteiger partial charge in [-0.1, -0.05) is 46.5 Å². The summed E-state index contributed by atoms with van der Waals surface area (Å²) < 4.78 is 15.6. The van der Waals surface area contributed by atoms with E-state index < -0.39 is 0 Å². The summed E-state index contributed by atoms with van der Waals surface area (Å²) in [6.07, 6.45) is 11.1. The summed E-state index contributed by atoms with van der Waals surface area (Å²) in [7, 11) is 1.70. The third kappa shape index (κ3) is 19.7. The first kappa shape index (κ1) is 26.9. The second-order valence-corrected chi connectivity index (χ2v) is 8.27. The van der Waals surface area contributed by atoms with Crippen LogP contribution in [0.4, 0.5) is 0 Å². The summed E-state index contributed by atoms with van der Waals surface area (Å²) in [5, 5.41) is 0. The molecule has 1 unspecified atom stereocenters. The van der Waals surface area contributed by atoms with Crippen LogP contribution in [0.15, 0.2) is 0 Å². The lowest BCUT2D eigenvalue weighted by atomic mass is 10.1. The first-order valence-corrected chi connectivity index (χ1v) is 11.3. The van der Waals surface area contributed by atoms with Gasteiger partial charge < -0.3 is 14.2 Å². The van der Waals surface area contributed by atoms with Gasteiger partial charge >= 0.3 is 11.9 Å². The molecule has 0 aliphatic carbocycles. The van der Waals surface area contributed by atoms with E-state index in [0.29, 0.717) is 37.9 Å². The van der Waals surface area contributed by atoms with Crippen molar-refractivity contribution < 1.29 is 23.8 Å². The van der Waals surface area contributed by atoms with Gasteiger partial charge in [0.05, 0.1) is 13.2 Å². The van der Waals surface area contributed by atoms with Crippen LogP contribution in [0.1, 0.15) is 97.8 Å². The maximum absolute atomic E-state index is 11.7. The molecule has 1 atom stereocenters. The molecule has 5 nitrogen and oxygen atoms in total. The van der Waals surface area contributed by atoms with Crippen molar-refractivity contribution in [2.24, 2.45) is 11.8 Å². The van der Waals surface area contributed by atoms with E-state index >= 15 is 0 Å². The Morgan fingerprint density at radius 2 is 1.14 bits per heavy atom. The highest BCUT2D eigenvalue weighted by Crippen LogP contribution is 2.11. The standard InChI is InChI=1S/C23H44O5/c1-20(2)12-11-17-27-22(24)13-9-7-5-6-8-10-14-23(25)28-19-16-21(3)15-18-26-4/h20-21H,5-19H2,1-4H3. The largest absolute Gasteiger partial charge is 0.466 e. The van der Waals surface area contributed by atoms with Gasteiger partial charge in [-0.25, -0.2) is 0 Å². The quantitative estimate of drug-likeness (QED) is 0.206. The van der Waals surface area contributed by atoms with Crippen molar-refractivity contribution in [2.75, 3.05) is 26.9 Å². The lowest BCUT2D eigenvalue weighted by Gasteiger charge is -2.11. The van der Waals surface area contributed by atoms with Crippen LogP contribution in [0.25, 0.3) is 0 Å². The number of rotatable bonds is 19. The summed E-state index contributed by atoms with van der Waals surface area (Å²) >= 11 is 0. The number of hydrogen-bond donors (Lipinski definition) is 0. The molecule has 0 fully saturated rings. The number of unbranched alkanes of at least 4 members (excludes halogenated alkanes) is 5. The van der Waals surface area contributed by atoms with E-state index in [1.807, 2.05) is 0 Å². The van der Waals surface area contributed by atoms with Gasteiger partial charge in [-0.3, -0.25) is 9.59 Å². The van der Waals surface area contributed by atoms with Crippen LogP contribution < -0.4 is 0 Å². The van der Waals surface area contributed by atoms with Crippen molar-refractivity contribution in [1.29, 1.82) is 0 Å². The molecule has 0 aromatic heterocycles. The predicted octanol–water partition coefficient (Wildman–Crippen LogP) is 5.69. The zero-order valence-electron chi connectivity index (χ0n) is 18.8. The highest BCUT2D eigenvalue weighted by atomic mass is 16.5. The molecule has 0 aromatic carbocycles. The minimum atomic E-state index is -0.0841. The average Bonchev–Trinajstić information content (AvgIpc) is 2.65. The van der Waals surface area contributed by atoms with Crippen molar-refractivity contribution in [3.05, 3.63) is 0 Å². The summed E-state index contributed by atoms with van der Waals surface area (Å²) in [4.78, 5) is 23.3. The van der Waals surface area contributed by atoms with E-state index in [1.165, 1.54) is 0 Å². The lowest BCUT2D eigenvalue weighted by molar-refractivity contribution is -0.145. The topological polar surface area (TPSA) is 61.8 Å². The van der Waals surface area contributed by atoms with Gasteiger partial charge in [0.2, 0.25) is 0 Å². The number of carbonyl (C=O) groups is 2. The molecule has 0 aliphatic rings. The van der Waals surface area contributed by atoms with Crippen molar-refractivity contribution in [3.8, 4) is 0 Å². The van der Waals surface area contributed by atoms with Gasteiger partial charge in [-0.15, -0.1) is 0 Å². The molecule has 0 aliphatic heterocycles. The predicted molar refractivity (Wildman–Crippen MR) is 113 cm³/mol. The Hall–Kier alpha value is -1.10. The van der Waals surface area contributed by atoms with Crippen LogP contribution in [0.3, 0.4) is 0 Å². The van der Waals surface area contributed by atoms with E-state index in [4.69, 9.17) is 14.2 Å². The number of hydrogen-bond acceptors (Lipinski definition) is 5. The van der Waals surface area contributed by atoms with Gasteiger partial charge in [-0.05, 0) is 50.4 Å². The number of ether oxygens (including phenoxy) is 3. The van der Waals surface area contributed by atoms with Crippen molar-refractivity contribution >= 4 is 11.9 Å². The molecule has 5 heteroatoms. The Labute approximate surface area is 172 Å². The zero-order valence-corrected chi connectivity index (χ0v) is 18.8. The Balaban J connectivity index is 3.36. The molecule has 0 radical (unpaired) electrons. The highest BCUT2D eigenvalue weighted by molar-refractivity contribution is 5.69. The summed E-state index contributed by atoms with van der Waals surface area (Å²) in [5.41, 5.74) is 0. The van der Waals surface area contributed by atoms with Crippen molar-refractivity contribution in [1.82, 2.24) is 0 Å².